The topological polar surface area (TPSA) is 195 Å². The second-order valence-corrected chi connectivity index (χ2v) is 8.52. The number of hydrogen-bond donors (Lipinski definition) is 5. The van der Waals surface area contributed by atoms with Crippen molar-refractivity contribution in [1.82, 2.24) is 20.0 Å². The second kappa shape index (κ2) is 15.1. The van der Waals surface area contributed by atoms with Gasteiger partial charge in [0.1, 0.15) is 5.76 Å². The first-order valence-corrected chi connectivity index (χ1v) is 12.0. The van der Waals surface area contributed by atoms with Gasteiger partial charge < -0.3 is 30.2 Å². The van der Waals surface area contributed by atoms with Gasteiger partial charge >= 0.3 is 23.9 Å². The monoisotopic (exact) mass is 544 g/mol. The third kappa shape index (κ3) is 9.39. The normalized spacial score (nSPS) is 13.4. The van der Waals surface area contributed by atoms with Crippen LogP contribution in [0.5, 0.6) is 0 Å². The summed E-state index contributed by atoms with van der Waals surface area (Å²) < 4.78 is 7.76. The van der Waals surface area contributed by atoms with E-state index in [-0.39, 0.29) is 0 Å². The fourth-order valence-electron chi connectivity index (χ4n) is 4.03. The Bertz CT molecular complexity index is 1190. The zero-order chi connectivity index (χ0) is 28.9. The summed E-state index contributed by atoms with van der Waals surface area (Å²) in [4.78, 5) is 38.9. The van der Waals surface area contributed by atoms with Crippen molar-refractivity contribution in [3.63, 3.8) is 0 Å². The van der Waals surface area contributed by atoms with Gasteiger partial charge in [0.15, 0.2) is 0 Å². The number of nitrogens with zero attached hydrogens (tertiary/aromatic N) is 3. The number of carboxylic acid groups (broad SMARTS) is 4. The highest BCUT2D eigenvalue weighted by Gasteiger charge is 2.25. The molecule has 3 aromatic rings. The molecule has 39 heavy (non-hydrogen) atoms. The van der Waals surface area contributed by atoms with Crippen molar-refractivity contribution in [3.8, 4) is 5.69 Å². The number of carboxylic acids is 4. The van der Waals surface area contributed by atoms with Crippen molar-refractivity contribution in [3.05, 3.63) is 71.4 Å². The lowest BCUT2D eigenvalue weighted by molar-refractivity contribution is -0.159. The molecule has 1 saturated heterocycles. The van der Waals surface area contributed by atoms with Gasteiger partial charge in [-0.25, -0.2) is 23.9 Å². The molecule has 1 aliphatic heterocycles. The zero-order valence-electron chi connectivity index (χ0n) is 21.6. The number of aliphatic carboxylic acids is 4. The molecule has 0 bridgehead atoms. The fraction of sp³-hybridized carbons (Fsp3) is 0.346. The Morgan fingerprint density at radius 2 is 1.46 bits per heavy atom. The van der Waals surface area contributed by atoms with Crippen molar-refractivity contribution in [1.29, 1.82) is 0 Å². The highest BCUT2D eigenvalue weighted by atomic mass is 16.4. The van der Waals surface area contributed by atoms with E-state index in [1.165, 1.54) is 24.1 Å². The van der Waals surface area contributed by atoms with Crippen molar-refractivity contribution >= 4 is 23.9 Å². The van der Waals surface area contributed by atoms with Crippen LogP contribution in [0.2, 0.25) is 0 Å². The van der Waals surface area contributed by atoms with Crippen LogP contribution in [-0.2, 0) is 25.7 Å². The largest absolute Gasteiger partial charge is 0.473 e. The summed E-state index contributed by atoms with van der Waals surface area (Å²) in [6.07, 6.45) is 4.33. The van der Waals surface area contributed by atoms with Gasteiger partial charge in [0.25, 0.3) is 0 Å². The van der Waals surface area contributed by atoms with Gasteiger partial charge in [0, 0.05) is 24.3 Å². The number of rotatable bonds is 7. The molecule has 1 unspecified atom stereocenters. The highest BCUT2D eigenvalue weighted by Crippen LogP contribution is 2.25. The zero-order valence-corrected chi connectivity index (χ0v) is 21.6. The van der Waals surface area contributed by atoms with Gasteiger partial charge in [-0.3, -0.25) is 4.90 Å². The second-order valence-electron chi connectivity index (χ2n) is 8.52. The third-order valence-electron chi connectivity index (χ3n) is 5.90. The number of para-hydroxylation sites is 1. The maximum Gasteiger partial charge on any atom is 0.414 e. The first kappa shape index (κ1) is 30.7. The average Bonchev–Trinajstić information content (AvgIpc) is 3.67. The number of carbonyl (C=O) groups is 4. The van der Waals surface area contributed by atoms with Gasteiger partial charge in [-0.2, -0.15) is 5.10 Å². The fourth-order valence-corrected chi connectivity index (χ4v) is 4.03. The molecule has 4 rings (SSSR count). The predicted octanol–water partition coefficient (Wildman–Crippen LogP) is 2.32. The standard InChI is InChI=1S/C22H28N4O.2C2H2O4/c1-17-20(18(2)26(24-17)19-9-4-3-5-10-19)15-23-16-21(22-11-8-14-27-22)25-12-6-7-13-25;2*3-1(4)2(5)6/h3-5,8-11,14,21,23H,6-7,12-13,15-16H2,1-2H3;2*(H,3,4)(H,5,6). The number of nitrogens with one attached hydrogen (secondary N) is 1. The van der Waals surface area contributed by atoms with E-state index < -0.39 is 23.9 Å². The van der Waals surface area contributed by atoms with E-state index >= 15 is 0 Å². The van der Waals surface area contributed by atoms with E-state index in [1.54, 1.807) is 6.26 Å². The Kier molecular flexibility index (Phi) is 11.9. The highest BCUT2D eigenvalue weighted by molar-refractivity contribution is 6.27. The molecule has 13 heteroatoms. The number of aryl methyl sites for hydroxylation is 1. The lowest BCUT2D eigenvalue weighted by Crippen LogP contribution is -2.33. The maximum atomic E-state index is 9.10. The van der Waals surface area contributed by atoms with Crippen LogP contribution in [0, 0.1) is 13.8 Å². The molecule has 0 aliphatic carbocycles. The van der Waals surface area contributed by atoms with Crippen LogP contribution < -0.4 is 5.32 Å². The van der Waals surface area contributed by atoms with Crippen molar-refractivity contribution < 1.29 is 44.0 Å². The number of benzene rings is 1. The summed E-state index contributed by atoms with van der Waals surface area (Å²) in [5, 5.41) is 38.0. The predicted molar refractivity (Wildman–Crippen MR) is 138 cm³/mol. The molecule has 0 saturated carbocycles. The van der Waals surface area contributed by atoms with Gasteiger partial charge in [-0.15, -0.1) is 0 Å². The summed E-state index contributed by atoms with van der Waals surface area (Å²) >= 11 is 0. The maximum absolute atomic E-state index is 9.10. The molecule has 5 N–H and O–H groups in total. The van der Waals surface area contributed by atoms with Crippen LogP contribution in [0.15, 0.2) is 53.1 Å². The van der Waals surface area contributed by atoms with E-state index in [2.05, 4.69) is 42.3 Å². The number of hydrogen-bond acceptors (Lipinski definition) is 8. The van der Waals surface area contributed by atoms with Gasteiger partial charge in [-0.05, 0) is 64.0 Å². The van der Waals surface area contributed by atoms with E-state index in [0.717, 1.165) is 43.3 Å². The summed E-state index contributed by atoms with van der Waals surface area (Å²) in [6.45, 7) is 8.23. The van der Waals surface area contributed by atoms with Crippen LogP contribution in [-0.4, -0.2) is 78.6 Å². The minimum Gasteiger partial charge on any atom is -0.473 e. The molecule has 0 amide bonds. The first-order chi connectivity index (χ1) is 18.5. The molecule has 1 atom stereocenters. The van der Waals surface area contributed by atoms with Gasteiger partial charge in [0.05, 0.1) is 23.7 Å². The molecule has 1 fully saturated rings. The lowest BCUT2D eigenvalue weighted by Gasteiger charge is -2.26. The van der Waals surface area contributed by atoms with Gasteiger partial charge in [0.2, 0.25) is 0 Å². The van der Waals surface area contributed by atoms with E-state index in [4.69, 9.17) is 49.1 Å². The molecule has 0 radical (unpaired) electrons. The van der Waals surface area contributed by atoms with Crippen LogP contribution in [0.1, 0.15) is 41.6 Å². The molecule has 210 valence electrons. The van der Waals surface area contributed by atoms with Crippen LogP contribution in [0.4, 0.5) is 0 Å². The average molecular weight is 545 g/mol. The Morgan fingerprint density at radius 3 is 1.95 bits per heavy atom. The Hall–Kier alpha value is -4.49. The van der Waals surface area contributed by atoms with E-state index in [0.29, 0.717) is 6.04 Å². The molecule has 2 aromatic heterocycles. The molecular weight excluding hydrogens is 512 g/mol. The minimum absolute atomic E-state index is 0.298. The summed E-state index contributed by atoms with van der Waals surface area (Å²) in [6, 6.07) is 14.7. The van der Waals surface area contributed by atoms with E-state index in [1.807, 2.05) is 28.9 Å². The van der Waals surface area contributed by atoms with Crippen LogP contribution in [0.25, 0.3) is 5.69 Å². The Labute approximate surface area is 224 Å². The number of likely N-dealkylation sites (tertiary alicyclic amines) is 1. The van der Waals surface area contributed by atoms with Crippen molar-refractivity contribution in [2.24, 2.45) is 0 Å². The number of aromatic nitrogens is 2. The van der Waals surface area contributed by atoms with E-state index in [9.17, 15) is 0 Å². The molecule has 1 aromatic carbocycles. The molecule has 3 heterocycles. The lowest BCUT2D eigenvalue weighted by atomic mass is 10.1. The van der Waals surface area contributed by atoms with Crippen LogP contribution >= 0.6 is 0 Å². The summed E-state index contributed by atoms with van der Waals surface area (Å²) in [5.74, 6) is -6.24. The van der Waals surface area contributed by atoms with Crippen molar-refractivity contribution in [2.75, 3.05) is 19.6 Å². The molecule has 1 aliphatic rings. The summed E-state index contributed by atoms with van der Waals surface area (Å²) in [7, 11) is 0. The SMILES string of the molecule is Cc1nn(-c2ccccc2)c(C)c1CNCC(c1ccco1)N1CCCC1.O=C(O)C(=O)O.O=C(O)C(=O)O. The van der Waals surface area contributed by atoms with Crippen LogP contribution in [0.3, 0.4) is 0 Å². The van der Waals surface area contributed by atoms with Crippen molar-refractivity contribution in [2.45, 2.75) is 39.3 Å². The quantitative estimate of drug-likeness (QED) is 0.273. The minimum atomic E-state index is -1.82. The third-order valence-corrected chi connectivity index (χ3v) is 5.90. The smallest absolute Gasteiger partial charge is 0.414 e. The molecule has 13 nitrogen and oxygen atoms in total. The Balaban J connectivity index is 0.000000374. The first-order valence-electron chi connectivity index (χ1n) is 12.0. The summed E-state index contributed by atoms with van der Waals surface area (Å²) in [5.41, 5.74) is 4.66. The molecule has 0 spiro atoms. The van der Waals surface area contributed by atoms with Gasteiger partial charge in [-0.1, -0.05) is 18.2 Å². The molecular formula is C26H32N4O9. The Morgan fingerprint density at radius 1 is 0.897 bits per heavy atom. The number of furan rings is 1.